The number of hydrogen-bond acceptors (Lipinski definition) is 0. The van der Waals surface area contributed by atoms with Gasteiger partial charge in [0, 0.05) is 4.83 Å². The predicted octanol–water partition coefficient (Wildman–Crippen LogP) is 5.67. The van der Waals surface area contributed by atoms with Gasteiger partial charge in [0.05, 0.1) is 5.92 Å². The first-order valence-electron chi connectivity index (χ1n) is 7.14. The molecule has 0 amide bonds. The maximum atomic E-state index is 13.1. The Balaban J connectivity index is 2.06. The summed E-state index contributed by atoms with van der Waals surface area (Å²) in [6.07, 6.45) is -0.837. The van der Waals surface area contributed by atoms with Crippen LogP contribution < -0.4 is 0 Å². The van der Waals surface area contributed by atoms with Crippen LogP contribution in [0.3, 0.4) is 0 Å². The second kappa shape index (κ2) is 6.50. The maximum absolute atomic E-state index is 13.1. The van der Waals surface area contributed by atoms with Gasteiger partial charge in [-0.05, 0) is 37.7 Å². The first kappa shape index (κ1) is 15.9. The molecule has 1 aliphatic carbocycles. The molecule has 3 unspecified atom stereocenters. The highest BCUT2D eigenvalue weighted by Gasteiger charge is 2.47. The third-order valence-electron chi connectivity index (χ3n) is 4.26. The molecule has 0 aliphatic heterocycles. The lowest BCUT2D eigenvalue weighted by Crippen LogP contribution is -2.38. The molecule has 1 aromatic rings. The predicted molar refractivity (Wildman–Crippen MR) is 79.1 cm³/mol. The van der Waals surface area contributed by atoms with Crippen LogP contribution in [0, 0.1) is 18.8 Å². The van der Waals surface area contributed by atoms with E-state index in [0.29, 0.717) is 19.3 Å². The molecule has 1 aliphatic rings. The van der Waals surface area contributed by atoms with Crippen molar-refractivity contribution in [3.8, 4) is 0 Å². The lowest BCUT2D eigenvalue weighted by molar-refractivity contribution is -0.196. The Kier molecular flexibility index (Phi) is 5.16. The molecule has 0 radical (unpaired) electrons. The molecule has 0 saturated heterocycles. The molecule has 1 saturated carbocycles. The van der Waals surface area contributed by atoms with Crippen molar-refractivity contribution in [3.05, 3.63) is 35.4 Å². The van der Waals surface area contributed by atoms with Crippen LogP contribution in [0.15, 0.2) is 24.3 Å². The largest absolute Gasteiger partial charge is 0.392 e. The quantitative estimate of drug-likeness (QED) is 0.617. The van der Waals surface area contributed by atoms with Crippen LogP contribution in [0.25, 0.3) is 0 Å². The van der Waals surface area contributed by atoms with Gasteiger partial charge in [-0.3, -0.25) is 0 Å². The Hall–Kier alpha value is -0.510. The summed E-state index contributed by atoms with van der Waals surface area (Å²) in [5, 5.41) is 0. The smallest absolute Gasteiger partial charge is 0.171 e. The Labute approximate surface area is 126 Å². The summed E-state index contributed by atoms with van der Waals surface area (Å²) < 4.78 is 39.4. The van der Waals surface area contributed by atoms with E-state index in [9.17, 15) is 13.2 Å². The molecular weight excluding hydrogens is 329 g/mol. The van der Waals surface area contributed by atoms with Crippen LogP contribution in [-0.4, -0.2) is 11.0 Å². The normalized spacial score (nSPS) is 25.4. The molecule has 0 nitrogen and oxygen atoms in total. The Morgan fingerprint density at radius 1 is 1.15 bits per heavy atom. The standard InChI is InChI=1S/C16H20BrF3/c1-11-6-8-12(9-7-11)10-15(17)13-4-2-3-5-14(13)16(18,19)20/h6-9,13-15H,2-5,10H2,1H3. The van der Waals surface area contributed by atoms with Gasteiger partial charge in [0.1, 0.15) is 0 Å². The van der Waals surface area contributed by atoms with Crippen molar-refractivity contribution in [2.45, 2.75) is 50.0 Å². The van der Waals surface area contributed by atoms with Crippen molar-refractivity contribution >= 4 is 15.9 Å². The molecule has 0 bridgehead atoms. The number of hydrogen-bond donors (Lipinski definition) is 0. The molecule has 0 aromatic heterocycles. The van der Waals surface area contributed by atoms with Gasteiger partial charge in [-0.1, -0.05) is 58.6 Å². The van der Waals surface area contributed by atoms with Gasteiger partial charge >= 0.3 is 6.18 Å². The molecule has 0 N–H and O–H groups in total. The van der Waals surface area contributed by atoms with Crippen molar-refractivity contribution < 1.29 is 13.2 Å². The van der Waals surface area contributed by atoms with Crippen LogP contribution in [0.5, 0.6) is 0 Å². The topological polar surface area (TPSA) is 0 Å². The number of alkyl halides is 4. The molecule has 2 rings (SSSR count). The third kappa shape index (κ3) is 4.00. The van der Waals surface area contributed by atoms with E-state index in [-0.39, 0.29) is 17.2 Å². The number of benzene rings is 1. The molecule has 0 heterocycles. The fourth-order valence-corrected chi connectivity index (χ4v) is 4.11. The van der Waals surface area contributed by atoms with Gasteiger partial charge < -0.3 is 0 Å². The number of aryl methyl sites for hydroxylation is 1. The van der Waals surface area contributed by atoms with Gasteiger partial charge in [-0.25, -0.2) is 0 Å². The number of halogens is 4. The van der Waals surface area contributed by atoms with E-state index in [1.165, 1.54) is 5.56 Å². The summed E-state index contributed by atoms with van der Waals surface area (Å²) in [5.41, 5.74) is 2.27. The Morgan fingerprint density at radius 3 is 2.35 bits per heavy atom. The van der Waals surface area contributed by atoms with E-state index in [2.05, 4.69) is 15.9 Å². The first-order chi connectivity index (χ1) is 9.38. The van der Waals surface area contributed by atoms with Gasteiger partial charge in [0.2, 0.25) is 0 Å². The second-order valence-corrected chi connectivity index (χ2v) is 6.98. The molecule has 4 heteroatoms. The molecule has 1 fully saturated rings. The van der Waals surface area contributed by atoms with E-state index in [0.717, 1.165) is 12.0 Å². The highest BCUT2D eigenvalue weighted by Crippen LogP contribution is 2.45. The highest BCUT2D eigenvalue weighted by atomic mass is 79.9. The van der Waals surface area contributed by atoms with Crippen molar-refractivity contribution in [1.82, 2.24) is 0 Å². The van der Waals surface area contributed by atoms with Crippen molar-refractivity contribution in [1.29, 1.82) is 0 Å². The van der Waals surface area contributed by atoms with E-state index < -0.39 is 12.1 Å². The second-order valence-electron chi connectivity index (χ2n) is 5.80. The minimum absolute atomic E-state index is 0.0999. The summed E-state index contributed by atoms with van der Waals surface area (Å²) in [5.74, 6) is -1.45. The fourth-order valence-electron chi connectivity index (χ4n) is 3.10. The van der Waals surface area contributed by atoms with Crippen molar-refractivity contribution in [2.24, 2.45) is 11.8 Å². The average molecular weight is 349 g/mol. The van der Waals surface area contributed by atoms with Crippen molar-refractivity contribution in [2.75, 3.05) is 0 Å². The maximum Gasteiger partial charge on any atom is 0.392 e. The van der Waals surface area contributed by atoms with Gasteiger partial charge in [0.25, 0.3) is 0 Å². The first-order valence-corrected chi connectivity index (χ1v) is 8.06. The lowest BCUT2D eigenvalue weighted by atomic mass is 9.76. The van der Waals surface area contributed by atoms with Crippen LogP contribution in [-0.2, 0) is 6.42 Å². The summed E-state index contributed by atoms with van der Waals surface area (Å²) in [4.78, 5) is -0.0999. The summed E-state index contributed by atoms with van der Waals surface area (Å²) >= 11 is 3.53. The van der Waals surface area contributed by atoms with Crippen LogP contribution in [0.2, 0.25) is 0 Å². The average Bonchev–Trinajstić information content (AvgIpc) is 2.40. The van der Waals surface area contributed by atoms with Gasteiger partial charge in [-0.2, -0.15) is 13.2 Å². The van der Waals surface area contributed by atoms with Gasteiger partial charge in [-0.15, -0.1) is 0 Å². The number of rotatable bonds is 3. The molecular formula is C16H20BrF3. The zero-order chi connectivity index (χ0) is 14.8. The zero-order valence-corrected chi connectivity index (χ0v) is 13.2. The molecule has 0 spiro atoms. The minimum Gasteiger partial charge on any atom is -0.171 e. The van der Waals surface area contributed by atoms with Gasteiger partial charge in [0.15, 0.2) is 0 Å². The van der Waals surface area contributed by atoms with E-state index in [4.69, 9.17) is 0 Å². The summed E-state index contributed by atoms with van der Waals surface area (Å²) in [6, 6.07) is 8.04. The Morgan fingerprint density at radius 2 is 1.75 bits per heavy atom. The highest BCUT2D eigenvalue weighted by molar-refractivity contribution is 9.09. The molecule has 1 aromatic carbocycles. The fraction of sp³-hybridized carbons (Fsp3) is 0.625. The van der Waals surface area contributed by atoms with Crippen molar-refractivity contribution in [3.63, 3.8) is 0 Å². The van der Waals surface area contributed by atoms with Crippen LogP contribution in [0.4, 0.5) is 13.2 Å². The van der Waals surface area contributed by atoms with E-state index in [1.807, 2.05) is 31.2 Å². The van der Waals surface area contributed by atoms with E-state index in [1.54, 1.807) is 0 Å². The lowest BCUT2D eigenvalue weighted by Gasteiger charge is -2.36. The Bertz CT molecular complexity index is 424. The molecule has 20 heavy (non-hydrogen) atoms. The minimum atomic E-state index is -4.07. The monoisotopic (exact) mass is 348 g/mol. The third-order valence-corrected chi connectivity index (χ3v) is 5.26. The SMILES string of the molecule is Cc1ccc(CC(Br)C2CCCCC2C(F)(F)F)cc1. The molecule has 3 atom stereocenters. The van der Waals surface area contributed by atoms with Crippen LogP contribution >= 0.6 is 15.9 Å². The summed E-state index contributed by atoms with van der Waals surface area (Å²) in [6.45, 7) is 2.01. The summed E-state index contributed by atoms with van der Waals surface area (Å²) in [7, 11) is 0. The zero-order valence-electron chi connectivity index (χ0n) is 11.6. The van der Waals surface area contributed by atoms with E-state index >= 15 is 0 Å². The molecule has 112 valence electrons. The van der Waals surface area contributed by atoms with Crippen LogP contribution in [0.1, 0.15) is 36.8 Å².